The molecule has 0 aliphatic carbocycles. The van der Waals surface area contributed by atoms with Gasteiger partial charge < -0.3 is 4.74 Å². The molecule has 1 saturated heterocycles. The third-order valence-corrected chi connectivity index (χ3v) is 3.57. The van der Waals surface area contributed by atoms with Gasteiger partial charge in [-0.25, -0.2) is 4.98 Å². The van der Waals surface area contributed by atoms with Crippen LogP contribution in [0.15, 0.2) is 35.8 Å². The largest absolute Gasteiger partial charge is 0.365 e. The number of aromatic nitrogens is 1. The molecule has 1 atom stereocenters. The second-order valence-electron chi connectivity index (χ2n) is 3.93. The number of benzene rings is 1. The van der Waals surface area contributed by atoms with Gasteiger partial charge in [0, 0.05) is 17.1 Å². The Bertz CT molecular complexity index is 457. The van der Waals surface area contributed by atoms with Crippen LogP contribution in [-0.2, 0) is 10.3 Å². The van der Waals surface area contributed by atoms with Crippen LogP contribution in [0.2, 0.25) is 0 Å². The minimum Gasteiger partial charge on any atom is -0.365 e. The second-order valence-corrected chi connectivity index (χ2v) is 4.83. The monoisotopic (exact) mass is 217 g/mol. The van der Waals surface area contributed by atoms with Crippen molar-refractivity contribution in [3.05, 3.63) is 41.4 Å². The summed E-state index contributed by atoms with van der Waals surface area (Å²) >= 11 is 1.66. The fourth-order valence-corrected chi connectivity index (χ4v) is 2.25. The number of rotatable bonds is 2. The normalized spacial score (nSPS) is 24.1. The molecular formula is C12H11NOS. The van der Waals surface area contributed by atoms with Gasteiger partial charge in [-0.2, -0.15) is 0 Å². The van der Waals surface area contributed by atoms with Crippen LogP contribution >= 0.6 is 11.3 Å². The highest BCUT2D eigenvalue weighted by molar-refractivity contribution is 7.13. The zero-order valence-electron chi connectivity index (χ0n) is 8.43. The molecule has 1 aromatic heterocycles. The number of nitrogens with zero attached hydrogens (tertiary/aromatic N) is 1. The molecule has 0 bridgehead atoms. The van der Waals surface area contributed by atoms with E-state index in [-0.39, 0.29) is 5.60 Å². The van der Waals surface area contributed by atoms with Crippen molar-refractivity contribution in [2.24, 2.45) is 0 Å². The molecular weight excluding hydrogens is 206 g/mol. The van der Waals surface area contributed by atoms with Crippen LogP contribution in [0.5, 0.6) is 0 Å². The smallest absolute Gasteiger partial charge is 0.123 e. The molecule has 0 amide bonds. The van der Waals surface area contributed by atoms with E-state index in [9.17, 15) is 0 Å². The van der Waals surface area contributed by atoms with Gasteiger partial charge in [0.05, 0.1) is 6.61 Å². The Morgan fingerprint density at radius 2 is 2.07 bits per heavy atom. The summed E-state index contributed by atoms with van der Waals surface area (Å²) in [5.74, 6) is 0. The molecule has 1 fully saturated rings. The van der Waals surface area contributed by atoms with Crippen LogP contribution in [0.25, 0.3) is 10.6 Å². The lowest BCUT2D eigenvalue weighted by atomic mass is 10.0. The summed E-state index contributed by atoms with van der Waals surface area (Å²) in [5.41, 5.74) is 2.40. The second kappa shape index (κ2) is 3.15. The third kappa shape index (κ3) is 1.58. The molecule has 0 N–H and O–H groups in total. The van der Waals surface area contributed by atoms with Crippen LogP contribution in [0.3, 0.4) is 0 Å². The minimum absolute atomic E-state index is 0.0264. The van der Waals surface area contributed by atoms with Gasteiger partial charge in [-0.05, 0) is 12.5 Å². The van der Waals surface area contributed by atoms with Gasteiger partial charge in [0.1, 0.15) is 10.6 Å². The third-order valence-electron chi connectivity index (χ3n) is 2.75. The summed E-state index contributed by atoms with van der Waals surface area (Å²) in [4.78, 5) is 4.28. The molecule has 1 aliphatic heterocycles. The molecule has 76 valence electrons. The van der Waals surface area contributed by atoms with E-state index in [4.69, 9.17) is 4.74 Å². The minimum atomic E-state index is -0.0264. The summed E-state index contributed by atoms with van der Waals surface area (Å²) < 4.78 is 5.40. The van der Waals surface area contributed by atoms with Crippen LogP contribution < -0.4 is 0 Å². The maximum absolute atomic E-state index is 5.40. The number of hydrogen-bond donors (Lipinski definition) is 0. The zero-order chi connectivity index (χ0) is 10.3. The van der Waals surface area contributed by atoms with E-state index in [2.05, 4.69) is 36.2 Å². The molecule has 15 heavy (non-hydrogen) atoms. The van der Waals surface area contributed by atoms with Crippen molar-refractivity contribution in [3.63, 3.8) is 0 Å². The SMILES string of the molecule is C[C@]1(c2ccc(-c3nccs3)cc2)CO1. The summed E-state index contributed by atoms with van der Waals surface area (Å²) in [6.45, 7) is 2.95. The first kappa shape index (κ1) is 9.07. The van der Waals surface area contributed by atoms with Crippen molar-refractivity contribution in [1.82, 2.24) is 4.98 Å². The zero-order valence-corrected chi connectivity index (χ0v) is 9.25. The molecule has 2 heterocycles. The summed E-state index contributed by atoms with van der Waals surface area (Å²) in [6, 6.07) is 8.48. The molecule has 2 nitrogen and oxygen atoms in total. The summed E-state index contributed by atoms with van der Waals surface area (Å²) in [5, 5.41) is 3.07. The van der Waals surface area contributed by atoms with E-state index in [1.165, 1.54) is 11.1 Å². The maximum atomic E-state index is 5.40. The Labute approximate surface area is 92.6 Å². The number of thiazole rings is 1. The summed E-state index contributed by atoms with van der Waals surface area (Å²) in [7, 11) is 0. The molecule has 3 rings (SSSR count). The van der Waals surface area contributed by atoms with Crippen LogP contribution in [0.1, 0.15) is 12.5 Å². The average molecular weight is 217 g/mol. The maximum Gasteiger partial charge on any atom is 0.123 e. The van der Waals surface area contributed by atoms with Crippen molar-refractivity contribution >= 4 is 11.3 Å². The highest BCUT2D eigenvalue weighted by Crippen LogP contribution is 2.38. The Kier molecular flexibility index (Phi) is 1.90. The number of ether oxygens (including phenoxy) is 1. The van der Waals surface area contributed by atoms with E-state index < -0.39 is 0 Å². The predicted octanol–water partition coefficient (Wildman–Crippen LogP) is 3.06. The first-order valence-corrected chi connectivity index (χ1v) is 5.80. The molecule has 0 unspecified atom stereocenters. The van der Waals surface area contributed by atoms with E-state index in [0.29, 0.717) is 0 Å². The van der Waals surface area contributed by atoms with Gasteiger partial charge in [-0.1, -0.05) is 24.3 Å². The Morgan fingerprint density at radius 3 is 2.60 bits per heavy atom. The van der Waals surface area contributed by atoms with Crippen LogP contribution in [0, 0.1) is 0 Å². The van der Waals surface area contributed by atoms with E-state index in [1.807, 2.05) is 11.6 Å². The first-order chi connectivity index (χ1) is 7.28. The van der Waals surface area contributed by atoms with Crippen LogP contribution in [0.4, 0.5) is 0 Å². The fourth-order valence-electron chi connectivity index (χ4n) is 1.61. The predicted molar refractivity (Wildman–Crippen MR) is 60.9 cm³/mol. The lowest BCUT2D eigenvalue weighted by Crippen LogP contribution is -2.00. The molecule has 0 spiro atoms. The molecule has 2 aromatic rings. The van der Waals surface area contributed by atoms with Crippen molar-refractivity contribution in [2.75, 3.05) is 6.61 Å². The Morgan fingerprint density at radius 1 is 1.33 bits per heavy atom. The highest BCUT2D eigenvalue weighted by atomic mass is 32.1. The van der Waals surface area contributed by atoms with Gasteiger partial charge in [-0.15, -0.1) is 11.3 Å². The number of hydrogen-bond acceptors (Lipinski definition) is 3. The fraction of sp³-hybridized carbons (Fsp3) is 0.250. The lowest BCUT2D eigenvalue weighted by molar-refractivity contribution is 0.329. The molecule has 0 saturated carbocycles. The van der Waals surface area contributed by atoms with Crippen molar-refractivity contribution in [3.8, 4) is 10.6 Å². The highest BCUT2D eigenvalue weighted by Gasteiger charge is 2.40. The van der Waals surface area contributed by atoms with Crippen LogP contribution in [-0.4, -0.2) is 11.6 Å². The van der Waals surface area contributed by atoms with Crippen molar-refractivity contribution in [1.29, 1.82) is 0 Å². The first-order valence-electron chi connectivity index (χ1n) is 4.92. The lowest BCUT2D eigenvalue weighted by Gasteiger charge is -2.05. The van der Waals surface area contributed by atoms with Gasteiger partial charge in [0.2, 0.25) is 0 Å². The molecule has 1 aliphatic rings. The van der Waals surface area contributed by atoms with E-state index in [0.717, 1.165) is 11.6 Å². The van der Waals surface area contributed by atoms with Gasteiger partial charge in [0.25, 0.3) is 0 Å². The average Bonchev–Trinajstić information content (AvgIpc) is 2.84. The van der Waals surface area contributed by atoms with Gasteiger partial charge in [0.15, 0.2) is 0 Å². The molecule has 0 radical (unpaired) electrons. The molecule has 3 heteroatoms. The summed E-state index contributed by atoms with van der Waals surface area (Å²) in [6.07, 6.45) is 1.83. The standard InChI is InChI=1S/C12H11NOS/c1-12(8-14-12)10-4-2-9(3-5-10)11-13-6-7-15-11/h2-7H,8H2,1H3/t12-/m1/s1. The van der Waals surface area contributed by atoms with E-state index >= 15 is 0 Å². The van der Waals surface area contributed by atoms with Gasteiger partial charge >= 0.3 is 0 Å². The molecule has 1 aromatic carbocycles. The quantitative estimate of drug-likeness (QED) is 0.722. The number of epoxide rings is 1. The van der Waals surface area contributed by atoms with Crippen molar-refractivity contribution in [2.45, 2.75) is 12.5 Å². The Balaban J connectivity index is 1.94. The van der Waals surface area contributed by atoms with Crippen molar-refractivity contribution < 1.29 is 4.74 Å². The van der Waals surface area contributed by atoms with E-state index in [1.54, 1.807) is 11.3 Å². The Hall–Kier alpha value is -1.19. The van der Waals surface area contributed by atoms with Gasteiger partial charge in [-0.3, -0.25) is 0 Å². The topological polar surface area (TPSA) is 25.4 Å².